The Balaban J connectivity index is 1.47. The number of hydrogen-bond donors (Lipinski definition) is 3. The van der Waals surface area contributed by atoms with Gasteiger partial charge < -0.3 is 20.6 Å². The van der Waals surface area contributed by atoms with Gasteiger partial charge in [0.15, 0.2) is 11.5 Å². The first kappa shape index (κ1) is 23.7. The summed E-state index contributed by atoms with van der Waals surface area (Å²) in [5.41, 5.74) is 6.61. The van der Waals surface area contributed by atoms with Crippen molar-refractivity contribution in [2.75, 3.05) is 11.1 Å². The fraction of sp³-hybridized carbons (Fsp3) is 0.120. The van der Waals surface area contributed by atoms with Crippen molar-refractivity contribution in [3.8, 4) is 17.3 Å². The molecule has 38 heavy (non-hydrogen) atoms. The number of imidazole rings is 1. The Morgan fingerprint density at radius 3 is 2.79 bits per heavy atom. The fourth-order valence-electron chi connectivity index (χ4n) is 4.55. The molecule has 0 fully saturated rings. The molecule has 13 heteroatoms. The number of aromatic nitrogens is 6. The minimum absolute atomic E-state index is 0.00709. The van der Waals surface area contributed by atoms with Crippen LogP contribution in [0.15, 0.2) is 49.1 Å². The van der Waals surface area contributed by atoms with Crippen LogP contribution in [0.3, 0.4) is 0 Å². The van der Waals surface area contributed by atoms with Gasteiger partial charge in [0.1, 0.15) is 45.2 Å². The molecule has 0 spiro atoms. The quantitative estimate of drug-likeness (QED) is 0.317. The van der Waals surface area contributed by atoms with E-state index in [9.17, 15) is 18.7 Å². The number of halogens is 3. The lowest BCUT2D eigenvalue weighted by molar-refractivity contribution is -0.119. The van der Waals surface area contributed by atoms with Crippen molar-refractivity contribution in [2.24, 2.45) is 0 Å². The summed E-state index contributed by atoms with van der Waals surface area (Å²) >= 11 is 5.89. The standard InChI is InChI=1S/C25H17ClF2N8O2/c1-25(18-8-17(37)13(26)9-31-18)19-20(29)33-21(34-22(19)35-24(25)38)16-10-36-5-4-30-23(36)15(32-16)7-11-6-12(27)2-3-14(11)28/h2-6,8-10H,7H2,1H3,(H,31,37)(H3,29,33,34,35,38)/t25-/m0/s1. The summed E-state index contributed by atoms with van der Waals surface area (Å²) in [6, 6.07) is 4.48. The van der Waals surface area contributed by atoms with Crippen molar-refractivity contribution < 1.29 is 18.7 Å². The van der Waals surface area contributed by atoms with E-state index in [2.05, 4.69) is 30.2 Å². The number of amides is 1. The van der Waals surface area contributed by atoms with Gasteiger partial charge in [0.2, 0.25) is 5.91 Å². The molecule has 1 aliphatic heterocycles. The summed E-state index contributed by atoms with van der Waals surface area (Å²) in [6.45, 7) is 1.59. The Labute approximate surface area is 218 Å². The van der Waals surface area contributed by atoms with E-state index < -0.39 is 23.0 Å². The molecule has 0 bridgehead atoms. The van der Waals surface area contributed by atoms with Crippen molar-refractivity contribution in [1.29, 1.82) is 0 Å². The number of nitrogens with two attached hydrogens (primary N) is 1. The molecule has 4 aromatic heterocycles. The monoisotopic (exact) mass is 534 g/mol. The van der Waals surface area contributed by atoms with Gasteiger partial charge in [0.25, 0.3) is 0 Å². The molecule has 4 N–H and O–H groups in total. The number of nitrogen functional groups attached to an aromatic ring is 1. The lowest BCUT2D eigenvalue weighted by Gasteiger charge is -2.22. The number of benzene rings is 1. The molecule has 0 radical (unpaired) electrons. The fourth-order valence-corrected chi connectivity index (χ4v) is 4.65. The van der Waals surface area contributed by atoms with E-state index in [0.717, 1.165) is 18.2 Å². The van der Waals surface area contributed by atoms with E-state index in [-0.39, 0.29) is 57.2 Å². The van der Waals surface area contributed by atoms with E-state index in [1.807, 2.05) is 0 Å². The molecule has 5 aromatic rings. The Hall–Kier alpha value is -4.71. The number of carbonyl (C=O) groups excluding carboxylic acids is 1. The van der Waals surface area contributed by atoms with Gasteiger partial charge in [-0.3, -0.25) is 9.78 Å². The van der Waals surface area contributed by atoms with Gasteiger partial charge in [-0.1, -0.05) is 11.6 Å². The predicted octanol–water partition coefficient (Wildman–Crippen LogP) is 3.65. The number of carbonyl (C=O) groups is 1. The van der Waals surface area contributed by atoms with Crippen LogP contribution in [0.1, 0.15) is 29.4 Å². The van der Waals surface area contributed by atoms with E-state index in [1.165, 1.54) is 12.3 Å². The third-order valence-electron chi connectivity index (χ3n) is 6.51. The van der Waals surface area contributed by atoms with Gasteiger partial charge in [-0.05, 0) is 30.7 Å². The third-order valence-corrected chi connectivity index (χ3v) is 6.80. The maximum absolute atomic E-state index is 14.4. The molecule has 6 rings (SSSR count). The largest absolute Gasteiger partial charge is 0.506 e. The van der Waals surface area contributed by atoms with Crippen molar-refractivity contribution in [1.82, 2.24) is 29.3 Å². The Morgan fingerprint density at radius 2 is 2.00 bits per heavy atom. The maximum atomic E-state index is 14.4. The molecule has 0 aliphatic carbocycles. The maximum Gasteiger partial charge on any atom is 0.242 e. The second-order valence-corrected chi connectivity index (χ2v) is 9.31. The summed E-state index contributed by atoms with van der Waals surface area (Å²) in [6.07, 6.45) is 6.02. The van der Waals surface area contributed by atoms with Crippen molar-refractivity contribution in [2.45, 2.75) is 18.8 Å². The van der Waals surface area contributed by atoms with Crippen LogP contribution in [0.25, 0.3) is 17.2 Å². The zero-order chi connectivity index (χ0) is 26.8. The van der Waals surface area contributed by atoms with Gasteiger partial charge in [-0.25, -0.2) is 28.7 Å². The number of anilines is 2. The minimum Gasteiger partial charge on any atom is -0.506 e. The summed E-state index contributed by atoms with van der Waals surface area (Å²) in [4.78, 5) is 35.1. The molecular weight excluding hydrogens is 518 g/mol. The van der Waals surface area contributed by atoms with Gasteiger partial charge in [0, 0.05) is 37.3 Å². The number of aromatic hydroxyl groups is 1. The van der Waals surface area contributed by atoms with Crippen LogP contribution in [-0.4, -0.2) is 40.3 Å². The van der Waals surface area contributed by atoms with Gasteiger partial charge >= 0.3 is 0 Å². The van der Waals surface area contributed by atoms with Crippen molar-refractivity contribution in [3.05, 3.63) is 88.2 Å². The molecule has 0 saturated heterocycles. The highest BCUT2D eigenvalue weighted by Gasteiger charge is 2.49. The molecule has 1 aromatic carbocycles. The van der Waals surface area contributed by atoms with E-state index in [4.69, 9.17) is 17.3 Å². The summed E-state index contributed by atoms with van der Waals surface area (Å²) in [7, 11) is 0. The number of nitrogens with zero attached hydrogens (tertiary/aromatic N) is 6. The zero-order valence-electron chi connectivity index (χ0n) is 19.6. The zero-order valence-corrected chi connectivity index (χ0v) is 20.3. The van der Waals surface area contributed by atoms with Crippen LogP contribution >= 0.6 is 11.6 Å². The Morgan fingerprint density at radius 1 is 1.18 bits per heavy atom. The number of pyridine rings is 1. The van der Waals surface area contributed by atoms with E-state index in [0.29, 0.717) is 11.3 Å². The lowest BCUT2D eigenvalue weighted by Crippen LogP contribution is -2.33. The van der Waals surface area contributed by atoms with Crippen LogP contribution in [0.2, 0.25) is 5.02 Å². The molecule has 1 atom stereocenters. The van der Waals surface area contributed by atoms with Gasteiger partial charge in [-0.15, -0.1) is 0 Å². The second kappa shape index (κ2) is 8.42. The highest BCUT2D eigenvalue weighted by Crippen LogP contribution is 2.45. The SMILES string of the molecule is C[C@@]1(c2cc(O)c(Cl)cn2)C(=O)Nc2nc(-c3cn4ccnc4c(Cc4cc(F)ccc4F)n3)nc(N)c21. The minimum atomic E-state index is -1.40. The van der Waals surface area contributed by atoms with E-state index >= 15 is 0 Å². The van der Waals surface area contributed by atoms with Crippen LogP contribution in [0.5, 0.6) is 5.75 Å². The average molecular weight is 535 g/mol. The molecule has 1 amide bonds. The average Bonchev–Trinajstić information content (AvgIpc) is 3.46. The van der Waals surface area contributed by atoms with Gasteiger partial charge in [-0.2, -0.15) is 0 Å². The molecule has 5 heterocycles. The van der Waals surface area contributed by atoms with Crippen molar-refractivity contribution in [3.63, 3.8) is 0 Å². The molecule has 190 valence electrons. The number of nitrogens with one attached hydrogen (secondary N) is 1. The number of hydrogen-bond acceptors (Lipinski definition) is 8. The molecule has 0 saturated carbocycles. The molecular formula is C25H17ClF2N8O2. The van der Waals surface area contributed by atoms with Gasteiger partial charge in [0.05, 0.1) is 17.0 Å². The molecule has 1 aliphatic rings. The molecule has 0 unspecified atom stereocenters. The highest BCUT2D eigenvalue weighted by atomic mass is 35.5. The lowest BCUT2D eigenvalue weighted by atomic mass is 9.80. The first-order valence-corrected chi connectivity index (χ1v) is 11.6. The summed E-state index contributed by atoms with van der Waals surface area (Å²) in [5, 5.41) is 12.8. The highest BCUT2D eigenvalue weighted by molar-refractivity contribution is 6.31. The topological polar surface area (TPSA) is 144 Å². The summed E-state index contributed by atoms with van der Waals surface area (Å²) < 4.78 is 29.8. The second-order valence-electron chi connectivity index (χ2n) is 8.90. The summed E-state index contributed by atoms with van der Waals surface area (Å²) in [5.74, 6) is -1.63. The van der Waals surface area contributed by atoms with Crippen LogP contribution in [-0.2, 0) is 16.6 Å². The van der Waals surface area contributed by atoms with E-state index in [1.54, 1.807) is 29.9 Å². The first-order valence-electron chi connectivity index (χ1n) is 11.3. The third kappa shape index (κ3) is 3.60. The van der Waals surface area contributed by atoms with Crippen LogP contribution in [0.4, 0.5) is 20.4 Å². The Kier molecular flexibility index (Phi) is 5.24. The smallest absolute Gasteiger partial charge is 0.242 e. The molecule has 10 nitrogen and oxygen atoms in total. The van der Waals surface area contributed by atoms with Crippen LogP contribution < -0.4 is 11.1 Å². The number of rotatable bonds is 4. The Bertz CT molecular complexity index is 1790. The first-order chi connectivity index (χ1) is 18.1. The van der Waals surface area contributed by atoms with Crippen LogP contribution in [0, 0.1) is 11.6 Å². The predicted molar refractivity (Wildman–Crippen MR) is 134 cm³/mol. The number of fused-ring (bicyclic) bond motifs is 2. The van der Waals surface area contributed by atoms with Crippen molar-refractivity contribution >= 4 is 34.8 Å². The normalized spacial score (nSPS) is 16.6.